The lowest BCUT2D eigenvalue weighted by atomic mass is 9.48. The van der Waals surface area contributed by atoms with Crippen LogP contribution >= 0.6 is 11.3 Å². The monoisotopic (exact) mass is 358 g/mol. The van der Waals surface area contributed by atoms with Crippen LogP contribution in [0.4, 0.5) is 5.13 Å². The predicted octanol–water partition coefficient (Wildman–Crippen LogP) is 4.61. The van der Waals surface area contributed by atoms with E-state index in [0.29, 0.717) is 5.13 Å². The van der Waals surface area contributed by atoms with E-state index in [1.165, 1.54) is 55.4 Å². The number of rotatable bonds is 3. The van der Waals surface area contributed by atoms with Crippen LogP contribution in [-0.4, -0.2) is 16.1 Å². The van der Waals surface area contributed by atoms with Crippen LogP contribution in [0, 0.1) is 17.8 Å². The molecule has 3 N–H and O–H groups in total. The van der Waals surface area contributed by atoms with E-state index in [9.17, 15) is 9.90 Å². The van der Waals surface area contributed by atoms with Gasteiger partial charge < -0.3 is 10.8 Å². The van der Waals surface area contributed by atoms with Crippen LogP contribution in [0.5, 0.6) is 0 Å². The summed E-state index contributed by atoms with van der Waals surface area (Å²) in [4.78, 5) is 15.9. The number of nitrogens with zero attached hydrogens (tertiary/aromatic N) is 1. The molecule has 1 aromatic heterocycles. The molecule has 4 aliphatic carbocycles. The molecule has 2 aromatic rings. The number of hydrogen-bond acceptors (Lipinski definition) is 4. The Balaban J connectivity index is 0.00000157. The molecular weight excluding hydrogens is 332 g/mol. The highest BCUT2D eigenvalue weighted by molar-refractivity contribution is 7.22. The Morgan fingerprint density at radius 3 is 2.36 bits per heavy atom. The van der Waals surface area contributed by atoms with Gasteiger partial charge in [0, 0.05) is 0 Å². The van der Waals surface area contributed by atoms with Gasteiger partial charge >= 0.3 is 5.97 Å². The van der Waals surface area contributed by atoms with Crippen molar-refractivity contribution in [3.8, 4) is 0 Å². The molecule has 1 aromatic carbocycles. The number of nitrogens with two attached hydrogens (primary N) is 1. The average Bonchev–Trinajstić information content (AvgIpc) is 2.84. The van der Waals surface area contributed by atoms with Crippen LogP contribution < -0.4 is 5.73 Å². The molecule has 134 valence electrons. The molecule has 4 bridgehead atoms. The first-order chi connectivity index (χ1) is 11.5. The van der Waals surface area contributed by atoms with Crippen molar-refractivity contribution in [1.82, 2.24) is 4.98 Å². The molecule has 25 heavy (non-hydrogen) atoms. The van der Waals surface area contributed by atoms with Gasteiger partial charge in [-0.1, -0.05) is 24.8 Å². The van der Waals surface area contributed by atoms with Crippen molar-refractivity contribution in [2.24, 2.45) is 17.8 Å². The second kappa shape index (κ2) is 5.70. The number of benzene rings is 1. The number of aliphatic carboxylic acids is 1. The fourth-order valence-electron chi connectivity index (χ4n) is 6.23. The molecule has 4 aliphatic rings. The van der Waals surface area contributed by atoms with Crippen LogP contribution in [-0.2, 0) is 16.6 Å². The average molecular weight is 359 g/mol. The Kier molecular flexibility index (Phi) is 3.83. The molecule has 0 atom stereocenters. The molecule has 0 radical (unpaired) electrons. The van der Waals surface area contributed by atoms with E-state index in [4.69, 9.17) is 5.73 Å². The lowest BCUT2D eigenvalue weighted by molar-refractivity contribution is -0.136. The summed E-state index contributed by atoms with van der Waals surface area (Å²) in [6.45, 7) is 0. The number of nitrogen functional groups attached to an aromatic ring is 1. The smallest absolute Gasteiger partial charge is 0.307 e. The van der Waals surface area contributed by atoms with Gasteiger partial charge in [-0.2, -0.15) is 0 Å². The lowest BCUT2D eigenvalue weighted by Crippen LogP contribution is -2.48. The van der Waals surface area contributed by atoms with Crippen LogP contribution in [0.1, 0.15) is 57.1 Å². The van der Waals surface area contributed by atoms with Gasteiger partial charge in [0.05, 0.1) is 16.6 Å². The highest BCUT2D eigenvalue weighted by Gasteiger charge is 2.52. The number of aromatic nitrogens is 1. The minimum absolute atomic E-state index is 0. The predicted molar refractivity (Wildman–Crippen MR) is 102 cm³/mol. The summed E-state index contributed by atoms with van der Waals surface area (Å²) < 4.78 is 1.05. The summed E-state index contributed by atoms with van der Waals surface area (Å²) in [6, 6.07) is 4.12. The van der Waals surface area contributed by atoms with Gasteiger partial charge in [-0.15, -0.1) is 0 Å². The van der Waals surface area contributed by atoms with E-state index in [1.54, 1.807) is 0 Å². The van der Waals surface area contributed by atoms with Crippen molar-refractivity contribution in [3.63, 3.8) is 0 Å². The van der Waals surface area contributed by atoms with E-state index in [1.807, 2.05) is 6.07 Å². The third-order valence-electron chi connectivity index (χ3n) is 6.54. The summed E-state index contributed by atoms with van der Waals surface area (Å²) in [5.41, 5.74) is 9.43. The number of carbonyl (C=O) groups is 1. The first kappa shape index (κ1) is 16.8. The zero-order valence-corrected chi connectivity index (χ0v) is 14.4. The largest absolute Gasteiger partial charge is 0.481 e. The number of hydrogen-bond donors (Lipinski definition) is 2. The van der Waals surface area contributed by atoms with Crippen molar-refractivity contribution in [2.75, 3.05) is 5.73 Å². The molecule has 4 saturated carbocycles. The molecule has 0 saturated heterocycles. The van der Waals surface area contributed by atoms with Crippen molar-refractivity contribution in [2.45, 2.75) is 57.8 Å². The summed E-state index contributed by atoms with van der Waals surface area (Å²) in [5.74, 6) is 1.78. The Hall–Kier alpha value is -1.62. The van der Waals surface area contributed by atoms with Crippen molar-refractivity contribution >= 4 is 32.7 Å². The van der Waals surface area contributed by atoms with E-state index >= 15 is 0 Å². The zero-order chi connectivity index (χ0) is 16.5. The molecule has 0 amide bonds. The number of carboxylic acid groups (broad SMARTS) is 1. The Labute approximate surface area is 152 Å². The Morgan fingerprint density at radius 1 is 1.20 bits per heavy atom. The van der Waals surface area contributed by atoms with Crippen LogP contribution in [0.3, 0.4) is 0 Å². The Bertz CT molecular complexity index is 806. The minimum atomic E-state index is -0.775. The quantitative estimate of drug-likeness (QED) is 0.840. The standard InChI is InChI=1S/C19H22N2O2S.CH4/c20-18-21-17-14(4-10(6-16(22)23)5-15(17)24-18)19-7-11-1-12(8-19)3-13(2-11)9-19;/h4-5,11-13H,1-3,6-9H2,(H2,20,21)(H,22,23);1H4. The van der Waals surface area contributed by atoms with Gasteiger partial charge in [-0.25, -0.2) is 4.98 Å². The first-order valence-corrected chi connectivity index (χ1v) is 9.74. The van der Waals surface area contributed by atoms with Gasteiger partial charge in [0.25, 0.3) is 0 Å². The first-order valence-electron chi connectivity index (χ1n) is 8.92. The van der Waals surface area contributed by atoms with E-state index in [0.717, 1.165) is 33.5 Å². The van der Waals surface area contributed by atoms with Crippen LogP contribution in [0.15, 0.2) is 12.1 Å². The molecule has 6 rings (SSSR count). The maximum atomic E-state index is 11.2. The molecule has 0 unspecified atom stereocenters. The molecule has 4 nitrogen and oxygen atoms in total. The molecular formula is C20H26N2O2S. The number of fused-ring (bicyclic) bond motifs is 1. The summed E-state index contributed by atoms with van der Waals surface area (Å²) >= 11 is 1.49. The van der Waals surface area contributed by atoms with Crippen LogP contribution in [0.25, 0.3) is 10.2 Å². The second-order valence-corrected chi connectivity index (χ2v) is 9.37. The molecule has 5 heteroatoms. The normalized spacial score (nSPS) is 32.7. The van der Waals surface area contributed by atoms with Crippen LogP contribution in [0.2, 0.25) is 0 Å². The van der Waals surface area contributed by atoms with E-state index in [-0.39, 0.29) is 19.3 Å². The van der Waals surface area contributed by atoms with Gasteiger partial charge in [0.2, 0.25) is 0 Å². The second-order valence-electron chi connectivity index (χ2n) is 8.31. The fraction of sp³-hybridized carbons (Fsp3) is 0.600. The fourth-order valence-corrected chi connectivity index (χ4v) is 7.05. The summed E-state index contributed by atoms with van der Waals surface area (Å²) in [7, 11) is 0. The topological polar surface area (TPSA) is 76.2 Å². The number of thiazole rings is 1. The number of anilines is 1. The van der Waals surface area contributed by atoms with Gasteiger partial charge in [-0.05, 0) is 78.9 Å². The molecule has 0 spiro atoms. The highest BCUT2D eigenvalue weighted by atomic mass is 32.1. The SMILES string of the molecule is C.Nc1nc2c(C34CC5CC(CC(C5)C3)C4)cc(CC(=O)O)cc2s1. The van der Waals surface area contributed by atoms with Gasteiger partial charge in [0.15, 0.2) is 5.13 Å². The number of carboxylic acids is 1. The lowest BCUT2D eigenvalue weighted by Gasteiger charge is -2.57. The Morgan fingerprint density at radius 2 is 1.80 bits per heavy atom. The van der Waals surface area contributed by atoms with Gasteiger partial charge in [0.1, 0.15) is 0 Å². The molecule has 0 aliphatic heterocycles. The summed E-state index contributed by atoms with van der Waals surface area (Å²) in [6.07, 6.45) is 8.03. The maximum Gasteiger partial charge on any atom is 0.307 e. The third kappa shape index (κ3) is 2.64. The molecule has 4 fully saturated rings. The molecule has 1 heterocycles. The zero-order valence-electron chi connectivity index (χ0n) is 13.6. The van der Waals surface area contributed by atoms with Crippen molar-refractivity contribution in [1.29, 1.82) is 0 Å². The van der Waals surface area contributed by atoms with Gasteiger partial charge in [-0.3, -0.25) is 4.79 Å². The van der Waals surface area contributed by atoms with E-state index in [2.05, 4.69) is 11.1 Å². The minimum Gasteiger partial charge on any atom is -0.481 e. The van der Waals surface area contributed by atoms with Crippen molar-refractivity contribution in [3.05, 3.63) is 23.3 Å². The maximum absolute atomic E-state index is 11.2. The van der Waals surface area contributed by atoms with Crippen molar-refractivity contribution < 1.29 is 9.90 Å². The van der Waals surface area contributed by atoms with E-state index < -0.39 is 5.97 Å². The summed E-state index contributed by atoms with van der Waals surface area (Å²) in [5, 5.41) is 9.82. The third-order valence-corrected chi connectivity index (χ3v) is 7.37. The highest BCUT2D eigenvalue weighted by Crippen LogP contribution is 2.61.